The van der Waals surface area contributed by atoms with Crippen molar-refractivity contribution in [1.29, 1.82) is 0 Å². The first-order chi connectivity index (χ1) is 24.1. The molecule has 5 aromatic rings. The van der Waals surface area contributed by atoms with Gasteiger partial charge < -0.3 is 10.6 Å². The van der Waals surface area contributed by atoms with Gasteiger partial charge in [0.15, 0.2) is 0 Å². The van der Waals surface area contributed by atoms with Crippen LogP contribution >= 0.6 is 0 Å². The Morgan fingerprint density at radius 3 is 1.78 bits per heavy atom. The third kappa shape index (κ3) is 9.81. The first-order valence-corrected chi connectivity index (χ1v) is 18.7. The minimum atomic E-state index is -4.18. The number of hydrogen-bond acceptors (Lipinski definition) is 4. The third-order valence-corrected chi connectivity index (χ3v) is 9.85. The Bertz CT molecular complexity index is 2090. The van der Waals surface area contributed by atoms with Crippen LogP contribution in [0.1, 0.15) is 70.4 Å². The smallest absolute Gasteiger partial charge is 0.266 e. The van der Waals surface area contributed by atoms with E-state index in [0.29, 0.717) is 17.7 Å². The Kier molecular flexibility index (Phi) is 11.3. The lowest BCUT2D eigenvalue weighted by Gasteiger charge is -2.20. The Labute approximate surface area is 301 Å². The van der Waals surface area contributed by atoms with Crippen LogP contribution in [0.3, 0.4) is 0 Å². The summed E-state index contributed by atoms with van der Waals surface area (Å²) in [5, 5.41) is 5.63. The molecule has 0 saturated heterocycles. The Hall–Kier alpha value is -5.05. The average molecular weight is 703 g/mol. The van der Waals surface area contributed by atoms with Gasteiger partial charge in [-0.05, 0) is 107 Å². The molecule has 51 heavy (non-hydrogen) atoms. The number of nitrogens with one attached hydrogen (secondary N) is 2. The number of benzene rings is 5. The molecule has 0 aliphatic rings. The van der Waals surface area contributed by atoms with E-state index < -0.39 is 27.7 Å². The van der Waals surface area contributed by atoms with Crippen molar-refractivity contribution in [3.05, 3.63) is 148 Å². The summed E-state index contributed by atoms with van der Waals surface area (Å²) in [5.74, 6) is -1.70. The Morgan fingerprint density at radius 1 is 0.725 bits per heavy atom. The van der Waals surface area contributed by atoms with Crippen molar-refractivity contribution in [2.24, 2.45) is 0 Å². The molecule has 0 aromatic heterocycles. The number of hydrogen-bond donors (Lipinski definition) is 3. The molecule has 7 nitrogen and oxygen atoms in total. The van der Waals surface area contributed by atoms with Gasteiger partial charge in [-0.15, -0.1) is 0 Å². The zero-order chi connectivity index (χ0) is 36.9. The summed E-state index contributed by atoms with van der Waals surface area (Å²) in [6, 6.07) is 35.8. The average Bonchev–Trinajstić information content (AvgIpc) is 3.07. The van der Waals surface area contributed by atoms with E-state index in [4.69, 9.17) is 4.55 Å². The standard InChI is InChI=1S/C43H46N2O5S/c1-28-25-29(2)40(30(3)26-28)35-17-21-38(22-18-35)45-42(47)39(27-31-7-9-36(10-8-31)41(46)44-23-24-51(48,49)50)34-13-11-32(12-14-34)33-15-19-37(20-16-33)43(4,5)6/h7-22,25-26,39H,23-24,27H2,1-6H3,(H,44,46)(H,45,47)(H,48,49,50)/t39-/m0/s1. The van der Waals surface area contributed by atoms with Crippen molar-refractivity contribution in [3.8, 4) is 22.3 Å². The van der Waals surface area contributed by atoms with Crippen LogP contribution in [-0.2, 0) is 26.7 Å². The molecule has 1 atom stereocenters. The number of rotatable bonds is 11. The Balaban J connectivity index is 1.38. The van der Waals surface area contributed by atoms with Crippen molar-refractivity contribution < 1.29 is 22.6 Å². The van der Waals surface area contributed by atoms with E-state index in [2.05, 4.69) is 88.6 Å². The van der Waals surface area contributed by atoms with Crippen LogP contribution in [0.5, 0.6) is 0 Å². The molecule has 0 spiro atoms. The second kappa shape index (κ2) is 15.5. The van der Waals surface area contributed by atoms with E-state index in [1.54, 1.807) is 24.3 Å². The summed E-state index contributed by atoms with van der Waals surface area (Å²) in [7, 11) is -4.18. The molecule has 2 amide bonds. The molecule has 0 radical (unpaired) electrons. The fraction of sp³-hybridized carbons (Fsp3) is 0.256. The van der Waals surface area contributed by atoms with Crippen LogP contribution in [-0.4, -0.2) is 37.1 Å². The highest BCUT2D eigenvalue weighted by Gasteiger charge is 2.23. The first kappa shape index (κ1) is 37.2. The number of carbonyl (C=O) groups is 2. The lowest BCUT2D eigenvalue weighted by Crippen LogP contribution is -2.28. The predicted molar refractivity (Wildman–Crippen MR) is 207 cm³/mol. The zero-order valence-corrected chi connectivity index (χ0v) is 30.9. The van der Waals surface area contributed by atoms with Crippen LogP contribution < -0.4 is 10.6 Å². The topological polar surface area (TPSA) is 113 Å². The first-order valence-electron chi connectivity index (χ1n) is 17.1. The molecular formula is C43H46N2O5S. The lowest BCUT2D eigenvalue weighted by atomic mass is 9.86. The van der Waals surface area contributed by atoms with Gasteiger partial charge in [0.2, 0.25) is 5.91 Å². The lowest BCUT2D eigenvalue weighted by molar-refractivity contribution is -0.117. The molecule has 5 aromatic carbocycles. The summed E-state index contributed by atoms with van der Waals surface area (Å²) in [5.41, 5.74) is 12.2. The summed E-state index contributed by atoms with van der Waals surface area (Å²) in [4.78, 5) is 26.6. The summed E-state index contributed by atoms with van der Waals surface area (Å²) < 4.78 is 30.9. The number of aryl methyl sites for hydroxylation is 3. The normalized spacial score (nSPS) is 12.3. The van der Waals surface area contributed by atoms with Gasteiger partial charge in [0.05, 0.1) is 11.7 Å². The summed E-state index contributed by atoms with van der Waals surface area (Å²) in [6.45, 7) is 12.7. The van der Waals surface area contributed by atoms with Crippen LogP contribution in [0.4, 0.5) is 5.69 Å². The SMILES string of the molecule is Cc1cc(C)c(-c2ccc(NC(=O)[C@@H](Cc3ccc(C(=O)NCCS(=O)(=O)O)cc3)c3ccc(-c4ccc(C(C)(C)C)cc4)cc3)cc2)c(C)c1. The highest BCUT2D eigenvalue weighted by Crippen LogP contribution is 2.31. The summed E-state index contributed by atoms with van der Waals surface area (Å²) >= 11 is 0. The third-order valence-electron chi connectivity index (χ3n) is 9.13. The van der Waals surface area contributed by atoms with Crippen LogP contribution in [0, 0.1) is 20.8 Å². The van der Waals surface area contributed by atoms with Gasteiger partial charge in [-0.3, -0.25) is 14.1 Å². The minimum Gasteiger partial charge on any atom is -0.351 e. The highest BCUT2D eigenvalue weighted by atomic mass is 32.2. The van der Waals surface area contributed by atoms with E-state index in [1.807, 2.05) is 48.5 Å². The van der Waals surface area contributed by atoms with Crippen molar-refractivity contribution >= 4 is 27.6 Å². The molecule has 3 N–H and O–H groups in total. The maximum Gasteiger partial charge on any atom is 0.266 e. The van der Waals surface area contributed by atoms with E-state index in [-0.39, 0.29) is 17.9 Å². The molecule has 5 rings (SSSR count). The van der Waals surface area contributed by atoms with Crippen LogP contribution in [0.25, 0.3) is 22.3 Å². The van der Waals surface area contributed by atoms with Crippen LogP contribution in [0.2, 0.25) is 0 Å². The van der Waals surface area contributed by atoms with E-state index in [9.17, 15) is 18.0 Å². The molecule has 0 aliphatic heterocycles. The number of anilines is 1. The van der Waals surface area contributed by atoms with Gasteiger partial charge in [0, 0.05) is 17.8 Å². The van der Waals surface area contributed by atoms with E-state index in [0.717, 1.165) is 27.8 Å². The molecular weight excluding hydrogens is 657 g/mol. The van der Waals surface area contributed by atoms with Gasteiger partial charge in [-0.1, -0.05) is 111 Å². The van der Waals surface area contributed by atoms with Gasteiger partial charge in [-0.25, -0.2) is 0 Å². The Morgan fingerprint density at radius 2 is 1.25 bits per heavy atom. The van der Waals surface area contributed by atoms with Crippen molar-refractivity contribution in [1.82, 2.24) is 5.32 Å². The van der Waals surface area contributed by atoms with Gasteiger partial charge in [-0.2, -0.15) is 8.42 Å². The highest BCUT2D eigenvalue weighted by molar-refractivity contribution is 7.85. The monoisotopic (exact) mass is 702 g/mol. The van der Waals surface area contributed by atoms with Gasteiger partial charge >= 0.3 is 0 Å². The molecule has 0 heterocycles. The molecule has 0 aliphatic carbocycles. The molecule has 8 heteroatoms. The molecule has 264 valence electrons. The number of amides is 2. The van der Waals surface area contributed by atoms with Crippen LogP contribution in [0.15, 0.2) is 109 Å². The van der Waals surface area contributed by atoms with Gasteiger partial charge in [0.1, 0.15) is 0 Å². The van der Waals surface area contributed by atoms with Crippen molar-refractivity contribution in [3.63, 3.8) is 0 Å². The van der Waals surface area contributed by atoms with Gasteiger partial charge in [0.25, 0.3) is 16.0 Å². The maximum absolute atomic E-state index is 14.0. The predicted octanol–water partition coefficient (Wildman–Crippen LogP) is 8.83. The molecule has 0 bridgehead atoms. The minimum absolute atomic E-state index is 0.0624. The number of carbonyl (C=O) groups excluding carboxylic acids is 2. The second-order valence-corrected chi connectivity index (χ2v) is 15.9. The van der Waals surface area contributed by atoms with Crippen molar-refractivity contribution in [2.75, 3.05) is 17.6 Å². The molecule has 0 saturated carbocycles. The largest absolute Gasteiger partial charge is 0.351 e. The fourth-order valence-corrected chi connectivity index (χ4v) is 6.80. The van der Waals surface area contributed by atoms with E-state index in [1.165, 1.54) is 27.8 Å². The van der Waals surface area contributed by atoms with Crippen molar-refractivity contribution in [2.45, 2.75) is 59.3 Å². The fourth-order valence-electron chi connectivity index (χ4n) is 6.44. The second-order valence-electron chi connectivity index (χ2n) is 14.3. The maximum atomic E-state index is 14.0. The van der Waals surface area contributed by atoms with E-state index >= 15 is 0 Å². The molecule has 0 unspecified atom stereocenters. The quantitative estimate of drug-likeness (QED) is 0.119. The zero-order valence-electron chi connectivity index (χ0n) is 30.1. The summed E-state index contributed by atoms with van der Waals surface area (Å²) in [6.07, 6.45) is 0.385. The molecule has 0 fully saturated rings.